The summed E-state index contributed by atoms with van der Waals surface area (Å²) in [6.07, 6.45) is 6.37. The molecule has 2 saturated heterocycles. The van der Waals surface area contributed by atoms with E-state index in [1.807, 2.05) is 47.7 Å². The van der Waals surface area contributed by atoms with E-state index in [1.165, 1.54) is 16.2 Å². The Morgan fingerprint density at radius 1 is 1.32 bits per heavy atom. The smallest absolute Gasteiger partial charge is 0.325 e. The molecule has 4 amide bonds. The average Bonchev–Trinajstić information content (AvgIpc) is 3.41. The van der Waals surface area contributed by atoms with Crippen molar-refractivity contribution in [1.29, 1.82) is 0 Å². The summed E-state index contributed by atoms with van der Waals surface area (Å²) < 4.78 is 0. The number of piperidine rings is 1. The van der Waals surface area contributed by atoms with E-state index in [9.17, 15) is 14.4 Å². The quantitative estimate of drug-likeness (QED) is 0.574. The number of pyridine rings is 1. The first-order valence-electron chi connectivity index (χ1n) is 10.4. The lowest BCUT2D eigenvalue weighted by Gasteiger charge is -2.41. The van der Waals surface area contributed by atoms with Gasteiger partial charge in [0.1, 0.15) is 0 Å². The third-order valence-electron chi connectivity index (χ3n) is 6.33. The molecule has 0 aliphatic carbocycles. The first-order valence-corrected chi connectivity index (χ1v) is 11.4. The third kappa shape index (κ3) is 3.76. The van der Waals surface area contributed by atoms with Gasteiger partial charge in [0.2, 0.25) is 5.91 Å². The van der Waals surface area contributed by atoms with Crippen molar-refractivity contribution in [1.82, 2.24) is 20.1 Å². The molecule has 8 heteroatoms. The van der Waals surface area contributed by atoms with E-state index in [1.54, 1.807) is 18.5 Å². The van der Waals surface area contributed by atoms with Crippen LogP contribution < -0.4 is 5.32 Å². The predicted molar refractivity (Wildman–Crippen MR) is 118 cm³/mol. The molecular formula is C23H26N4O3S. The first kappa shape index (κ1) is 21.2. The molecule has 4 heterocycles. The number of thiophene rings is 1. The van der Waals surface area contributed by atoms with Crippen LogP contribution in [0.5, 0.6) is 0 Å². The first-order chi connectivity index (χ1) is 15.0. The maximum atomic E-state index is 13.8. The summed E-state index contributed by atoms with van der Waals surface area (Å²) in [6, 6.07) is 5.17. The molecule has 0 spiro atoms. The van der Waals surface area contributed by atoms with Crippen molar-refractivity contribution in [2.75, 3.05) is 13.1 Å². The fraction of sp³-hybridized carbons (Fsp3) is 0.391. The lowest BCUT2D eigenvalue weighted by Crippen LogP contribution is -2.54. The fourth-order valence-corrected chi connectivity index (χ4v) is 5.16. The summed E-state index contributed by atoms with van der Waals surface area (Å²) in [7, 11) is 0. The molecule has 0 aromatic carbocycles. The summed E-state index contributed by atoms with van der Waals surface area (Å²) in [5.41, 5.74) is 1.17. The molecule has 4 rings (SSSR count). The van der Waals surface area contributed by atoms with Crippen LogP contribution in [0.25, 0.3) is 0 Å². The average molecular weight is 439 g/mol. The number of likely N-dealkylation sites (tertiary alicyclic amines) is 1. The van der Waals surface area contributed by atoms with Gasteiger partial charge in [-0.05, 0) is 61.1 Å². The Hall–Kier alpha value is -3.00. The molecule has 162 valence electrons. The van der Waals surface area contributed by atoms with Crippen LogP contribution in [0.4, 0.5) is 4.79 Å². The molecule has 2 fully saturated rings. The standard InChI is InChI=1S/C23H26N4O3S/c1-3-16(2)20(28)26-10-6-18(7-11-26)23(19-5-4-9-24-13-19)21(29)27(22(30)25-23)14-17-8-12-31-15-17/h3-5,8-9,12-13,15,18H,6-7,10-11,14H2,1-2H3,(H,25,30)/b16-3+/t23-/m1/s1. The van der Waals surface area contributed by atoms with E-state index < -0.39 is 5.54 Å². The minimum absolute atomic E-state index is 0.0252. The van der Waals surface area contributed by atoms with Crippen LogP contribution in [0, 0.1) is 5.92 Å². The van der Waals surface area contributed by atoms with Crippen LogP contribution in [0.3, 0.4) is 0 Å². The molecule has 0 unspecified atom stereocenters. The lowest BCUT2D eigenvalue weighted by atomic mass is 9.73. The number of rotatable bonds is 5. The maximum Gasteiger partial charge on any atom is 0.325 e. The number of carbonyl (C=O) groups is 3. The van der Waals surface area contributed by atoms with Gasteiger partial charge in [0, 0.05) is 36.6 Å². The van der Waals surface area contributed by atoms with Crippen LogP contribution in [0.15, 0.2) is 53.0 Å². The number of nitrogens with one attached hydrogen (secondary N) is 1. The summed E-state index contributed by atoms with van der Waals surface area (Å²) in [5, 5.41) is 6.90. The Balaban J connectivity index is 1.63. The number of urea groups is 1. The molecule has 2 aliphatic heterocycles. The second-order valence-electron chi connectivity index (χ2n) is 8.04. The number of aromatic nitrogens is 1. The van der Waals surface area contributed by atoms with Crippen molar-refractivity contribution in [2.45, 2.75) is 38.8 Å². The third-order valence-corrected chi connectivity index (χ3v) is 7.07. The zero-order valence-electron chi connectivity index (χ0n) is 17.7. The van der Waals surface area contributed by atoms with Crippen LogP contribution in [-0.4, -0.2) is 45.7 Å². The van der Waals surface area contributed by atoms with Crippen LogP contribution >= 0.6 is 11.3 Å². The Bertz CT molecular complexity index is 997. The van der Waals surface area contributed by atoms with Gasteiger partial charge in [-0.25, -0.2) is 4.79 Å². The van der Waals surface area contributed by atoms with Crippen molar-refractivity contribution >= 4 is 29.2 Å². The maximum absolute atomic E-state index is 13.8. The predicted octanol–water partition coefficient (Wildman–Crippen LogP) is 3.30. The molecule has 1 atom stereocenters. The minimum atomic E-state index is -1.16. The van der Waals surface area contributed by atoms with Crippen molar-refractivity contribution in [3.63, 3.8) is 0 Å². The summed E-state index contributed by atoms with van der Waals surface area (Å²) in [4.78, 5) is 46.6. The molecule has 7 nitrogen and oxygen atoms in total. The van der Waals surface area contributed by atoms with Gasteiger partial charge >= 0.3 is 6.03 Å². The van der Waals surface area contributed by atoms with Gasteiger partial charge in [-0.15, -0.1) is 0 Å². The number of carbonyl (C=O) groups excluding carboxylic acids is 3. The Morgan fingerprint density at radius 3 is 2.71 bits per heavy atom. The van der Waals surface area contributed by atoms with Crippen LogP contribution in [-0.2, 0) is 21.7 Å². The number of imide groups is 1. The fourth-order valence-electron chi connectivity index (χ4n) is 4.50. The number of allylic oxidation sites excluding steroid dienone is 1. The normalized spacial score (nSPS) is 22.7. The van der Waals surface area contributed by atoms with Crippen molar-refractivity contribution < 1.29 is 14.4 Å². The largest absolute Gasteiger partial charge is 0.339 e. The van der Waals surface area contributed by atoms with Gasteiger partial charge in [0.05, 0.1) is 6.54 Å². The second-order valence-corrected chi connectivity index (χ2v) is 8.82. The highest BCUT2D eigenvalue weighted by atomic mass is 32.1. The number of hydrogen-bond donors (Lipinski definition) is 1. The molecule has 2 aliphatic rings. The zero-order valence-corrected chi connectivity index (χ0v) is 18.5. The molecule has 0 bridgehead atoms. The van der Waals surface area contributed by atoms with Gasteiger partial charge < -0.3 is 10.2 Å². The highest BCUT2D eigenvalue weighted by molar-refractivity contribution is 7.07. The van der Waals surface area contributed by atoms with E-state index >= 15 is 0 Å². The van der Waals surface area contributed by atoms with Crippen molar-refractivity contribution in [3.8, 4) is 0 Å². The lowest BCUT2D eigenvalue weighted by molar-refractivity contribution is -0.135. The topological polar surface area (TPSA) is 82.6 Å². The molecule has 31 heavy (non-hydrogen) atoms. The molecule has 2 aromatic heterocycles. The van der Waals surface area contributed by atoms with E-state index in [2.05, 4.69) is 10.3 Å². The van der Waals surface area contributed by atoms with Gasteiger partial charge in [-0.1, -0.05) is 12.1 Å². The van der Waals surface area contributed by atoms with Gasteiger partial charge in [-0.2, -0.15) is 11.3 Å². The van der Waals surface area contributed by atoms with E-state index in [4.69, 9.17) is 0 Å². The molecule has 0 radical (unpaired) electrons. The van der Waals surface area contributed by atoms with Crippen LogP contribution in [0.1, 0.15) is 37.8 Å². The Labute approximate surface area is 185 Å². The summed E-state index contributed by atoms with van der Waals surface area (Å²) in [5.74, 6) is -0.348. The highest BCUT2D eigenvalue weighted by Crippen LogP contribution is 2.41. The molecular weight excluding hydrogens is 412 g/mol. The van der Waals surface area contributed by atoms with Gasteiger partial charge in [0.25, 0.3) is 5.91 Å². The summed E-state index contributed by atoms with van der Waals surface area (Å²) >= 11 is 1.54. The molecule has 1 N–H and O–H groups in total. The van der Waals surface area contributed by atoms with E-state index in [0.29, 0.717) is 37.1 Å². The van der Waals surface area contributed by atoms with Crippen molar-refractivity contribution in [3.05, 3.63) is 64.1 Å². The minimum Gasteiger partial charge on any atom is -0.339 e. The van der Waals surface area contributed by atoms with Crippen LogP contribution in [0.2, 0.25) is 0 Å². The van der Waals surface area contributed by atoms with E-state index in [0.717, 1.165) is 5.56 Å². The highest BCUT2D eigenvalue weighted by Gasteiger charge is 2.57. The second kappa shape index (κ2) is 8.63. The monoisotopic (exact) mass is 438 g/mol. The SMILES string of the molecule is C/C=C(\C)C(=O)N1CCC([C@]2(c3cccnc3)NC(=O)N(Cc3ccsc3)C2=O)CC1. The Kier molecular flexibility index (Phi) is 5.91. The van der Waals surface area contributed by atoms with Crippen molar-refractivity contribution in [2.24, 2.45) is 5.92 Å². The van der Waals surface area contributed by atoms with Gasteiger partial charge in [-0.3, -0.25) is 19.5 Å². The zero-order chi connectivity index (χ0) is 22.0. The molecule has 0 saturated carbocycles. The van der Waals surface area contributed by atoms with Gasteiger partial charge in [0.15, 0.2) is 5.54 Å². The number of amides is 4. The summed E-state index contributed by atoms with van der Waals surface area (Å²) in [6.45, 7) is 5.00. The number of nitrogens with zero attached hydrogens (tertiary/aromatic N) is 3. The Morgan fingerprint density at radius 2 is 2.10 bits per heavy atom. The van der Waals surface area contributed by atoms with E-state index in [-0.39, 0.29) is 30.3 Å². The molecule has 2 aromatic rings. The number of hydrogen-bond acceptors (Lipinski definition) is 5.